The van der Waals surface area contributed by atoms with Crippen molar-refractivity contribution >= 4 is 22.0 Å². The van der Waals surface area contributed by atoms with E-state index in [4.69, 9.17) is 14.6 Å². The van der Waals surface area contributed by atoms with Crippen LogP contribution < -0.4 is 14.6 Å². The van der Waals surface area contributed by atoms with Gasteiger partial charge in [-0.15, -0.1) is 0 Å². The normalized spacial score (nSPS) is 17.3. The number of hydrogen-bond acceptors (Lipinski definition) is 6. The number of nitriles is 1. The van der Waals surface area contributed by atoms with E-state index in [2.05, 4.69) is 4.72 Å². The maximum atomic E-state index is 12.1. The van der Waals surface area contributed by atoms with Crippen LogP contribution in [0, 0.1) is 17.2 Å². The van der Waals surface area contributed by atoms with E-state index in [1.54, 1.807) is 17.0 Å². The van der Waals surface area contributed by atoms with Crippen LogP contribution >= 0.6 is 0 Å². The topological polar surface area (TPSA) is 135 Å². The maximum Gasteiger partial charge on any atom is 0.410 e. The molecule has 0 aromatic heterocycles. The molecule has 0 saturated carbocycles. The smallest absolute Gasteiger partial charge is 0.410 e. The minimum atomic E-state index is -4.00. The standard InChI is InChI=1S/C17H24N4O5S/c1-17(2,3)26-16(22)21-8-7-12(10-21)11-25-15-6-4-5-14(13(15)9-18)20-27(19,23)24/h4-6,12,20H,7-8,10-11H2,1-3H3,(H2,19,23,24). The lowest BCUT2D eigenvalue weighted by atomic mass is 10.1. The molecule has 0 aliphatic carbocycles. The summed E-state index contributed by atoms with van der Waals surface area (Å²) in [7, 11) is -4.00. The van der Waals surface area contributed by atoms with Crippen LogP contribution in [0.5, 0.6) is 5.75 Å². The summed E-state index contributed by atoms with van der Waals surface area (Å²) in [5, 5.41) is 14.3. The minimum Gasteiger partial charge on any atom is -0.492 e. The third kappa shape index (κ3) is 6.30. The summed E-state index contributed by atoms with van der Waals surface area (Å²) in [6.45, 7) is 6.79. The van der Waals surface area contributed by atoms with Crippen LogP contribution in [0.2, 0.25) is 0 Å². The van der Waals surface area contributed by atoms with Crippen molar-refractivity contribution < 1.29 is 22.7 Å². The Balaban J connectivity index is 1.99. The van der Waals surface area contributed by atoms with E-state index in [1.807, 2.05) is 26.8 Å². The summed E-state index contributed by atoms with van der Waals surface area (Å²) in [5.74, 6) is 0.334. The number of nitrogens with zero attached hydrogens (tertiary/aromatic N) is 2. The molecule has 2 rings (SSSR count). The van der Waals surface area contributed by atoms with Gasteiger partial charge in [0.1, 0.15) is 23.0 Å². The highest BCUT2D eigenvalue weighted by Gasteiger charge is 2.30. The van der Waals surface area contributed by atoms with Gasteiger partial charge in [0.05, 0.1) is 12.3 Å². The molecule has 0 radical (unpaired) electrons. The summed E-state index contributed by atoms with van der Waals surface area (Å²) < 4.78 is 35.6. The van der Waals surface area contributed by atoms with Crippen LogP contribution in [-0.4, -0.2) is 44.7 Å². The molecular formula is C17H24N4O5S. The zero-order chi connectivity index (χ0) is 20.2. The van der Waals surface area contributed by atoms with Crippen LogP contribution in [0.3, 0.4) is 0 Å². The fraction of sp³-hybridized carbons (Fsp3) is 0.529. The van der Waals surface area contributed by atoms with Crippen molar-refractivity contribution in [2.45, 2.75) is 32.8 Å². The molecule has 3 N–H and O–H groups in total. The minimum absolute atomic E-state index is 0.0496. The molecule has 1 fully saturated rings. The van der Waals surface area contributed by atoms with E-state index < -0.39 is 15.8 Å². The van der Waals surface area contributed by atoms with Crippen molar-refractivity contribution in [1.82, 2.24) is 4.90 Å². The zero-order valence-corrected chi connectivity index (χ0v) is 16.4. The molecule has 1 aromatic rings. The first-order chi connectivity index (χ1) is 12.5. The van der Waals surface area contributed by atoms with Crippen LogP contribution in [0.4, 0.5) is 10.5 Å². The molecule has 148 valence electrons. The molecule has 1 amide bonds. The lowest BCUT2D eigenvalue weighted by Crippen LogP contribution is -2.35. The molecular weight excluding hydrogens is 372 g/mol. The summed E-state index contributed by atoms with van der Waals surface area (Å²) >= 11 is 0. The molecule has 1 aliphatic heterocycles. The van der Waals surface area contributed by atoms with Crippen molar-refractivity contribution in [3.05, 3.63) is 23.8 Å². The Morgan fingerprint density at radius 1 is 1.44 bits per heavy atom. The van der Waals surface area contributed by atoms with Crippen molar-refractivity contribution in [3.63, 3.8) is 0 Å². The van der Waals surface area contributed by atoms with E-state index in [1.165, 1.54) is 6.07 Å². The summed E-state index contributed by atoms with van der Waals surface area (Å²) in [6, 6.07) is 6.49. The van der Waals surface area contributed by atoms with Gasteiger partial charge in [0, 0.05) is 19.0 Å². The number of nitrogens with one attached hydrogen (secondary N) is 1. The lowest BCUT2D eigenvalue weighted by molar-refractivity contribution is 0.0284. The Morgan fingerprint density at radius 3 is 2.74 bits per heavy atom. The maximum absolute atomic E-state index is 12.1. The highest BCUT2D eigenvalue weighted by atomic mass is 32.2. The molecule has 0 spiro atoms. The number of nitrogens with two attached hydrogens (primary N) is 1. The van der Waals surface area contributed by atoms with Gasteiger partial charge in [0.25, 0.3) is 10.2 Å². The molecule has 10 heteroatoms. The average Bonchev–Trinajstić information content (AvgIpc) is 2.99. The van der Waals surface area contributed by atoms with Crippen molar-refractivity contribution in [1.29, 1.82) is 5.26 Å². The first-order valence-electron chi connectivity index (χ1n) is 8.43. The van der Waals surface area contributed by atoms with Crippen molar-refractivity contribution in [2.75, 3.05) is 24.4 Å². The third-order valence-corrected chi connectivity index (χ3v) is 4.31. The fourth-order valence-electron chi connectivity index (χ4n) is 2.67. The van der Waals surface area contributed by atoms with Crippen LogP contribution in [0.15, 0.2) is 18.2 Å². The highest BCUT2D eigenvalue weighted by Crippen LogP contribution is 2.28. The van der Waals surface area contributed by atoms with Gasteiger partial charge >= 0.3 is 6.09 Å². The Labute approximate surface area is 159 Å². The monoisotopic (exact) mass is 396 g/mol. The Kier molecular flexibility index (Phi) is 6.18. The summed E-state index contributed by atoms with van der Waals surface area (Å²) in [4.78, 5) is 13.7. The molecule has 1 unspecified atom stereocenters. The van der Waals surface area contributed by atoms with Crippen LogP contribution in [-0.2, 0) is 14.9 Å². The lowest BCUT2D eigenvalue weighted by Gasteiger charge is -2.24. The third-order valence-electron chi connectivity index (χ3n) is 3.80. The number of carbonyl (C=O) groups excluding carboxylic acids is 1. The number of ether oxygens (including phenoxy) is 2. The van der Waals surface area contributed by atoms with Gasteiger partial charge in [-0.25, -0.2) is 9.93 Å². The van der Waals surface area contributed by atoms with Gasteiger partial charge in [-0.2, -0.15) is 13.7 Å². The van der Waals surface area contributed by atoms with Gasteiger partial charge in [-0.05, 0) is 39.3 Å². The first-order valence-corrected chi connectivity index (χ1v) is 9.97. The van der Waals surface area contributed by atoms with E-state index in [-0.39, 0.29) is 35.6 Å². The van der Waals surface area contributed by atoms with Crippen molar-refractivity contribution in [3.8, 4) is 11.8 Å². The van der Waals surface area contributed by atoms with Crippen molar-refractivity contribution in [2.24, 2.45) is 11.1 Å². The van der Waals surface area contributed by atoms with Gasteiger partial charge in [-0.1, -0.05) is 6.07 Å². The molecule has 9 nitrogen and oxygen atoms in total. The number of carbonyl (C=O) groups is 1. The number of hydrogen-bond donors (Lipinski definition) is 2. The largest absolute Gasteiger partial charge is 0.492 e. The number of anilines is 1. The average molecular weight is 396 g/mol. The highest BCUT2D eigenvalue weighted by molar-refractivity contribution is 7.90. The second-order valence-electron chi connectivity index (χ2n) is 7.33. The van der Waals surface area contributed by atoms with Gasteiger partial charge < -0.3 is 14.4 Å². The molecule has 1 aliphatic rings. The fourth-order valence-corrected chi connectivity index (χ4v) is 3.15. The number of benzene rings is 1. The van der Waals surface area contributed by atoms with Crippen LogP contribution in [0.1, 0.15) is 32.8 Å². The first kappa shape index (κ1) is 20.8. The number of amides is 1. The number of rotatable bonds is 5. The summed E-state index contributed by atoms with van der Waals surface area (Å²) in [5.41, 5.74) is -0.447. The molecule has 1 atom stereocenters. The van der Waals surface area contributed by atoms with Gasteiger partial charge in [-0.3, -0.25) is 4.72 Å². The van der Waals surface area contributed by atoms with Crippen LogP contribution in [0.25, 0.3) is 0 Å². The second-order valence-corrected chi connectivity index (χ2v) is 8.62. The molecule has 1 heterocycles. The quantitative estimate of drug-likeness (QED) is 0.779. The predicted molar refractivity (Wildman–Crippen MR) is 99.3 cm³/mol. The van der Waals surface area contributed by atoms with E-state index in [9.17, 15) is 18.5 Å². The summed E-state index contributed by atoms with van der Waals surface area (Å²) in [6.07, 6.45) is 0.387. The Hall–Kier alpha value is -2.51. The zero-order valence-electron chi connectivity index (χ0n) is 15.6. The van der Waals surface area contributed by atoms with Gasteiger partial charge in [0.2, 0.25) is 0 Å². The van der Waals surface area contributed by atoms with E-state index >= 15 is 0 Å². The molecule has 0 bridgehead atoms. The SMILES string of the molecule is CC(C)(C)OC(=O)N1CCC(COc2cccc(NS(N)(=O)=O)c2C#N)C1. The van der Waals surface area contributed by atoms with E-state index in [0.717, 1.165) is 6.42 Å². The Bertz CT molecular complexity index is 842. The van der Waals surface area contributed by atoms with Gasteiger partial charge in [0.15, 0.2) is 0 Å². The molecule has 1 saturated heterocycles. The Morgan fingerprint density at radius 2 is 2.15 bits per heavy atom. The van der Waals surface area contributed by atoms with E-state index in [0.29, 0.717) is 13.1 Å². The second kappa shape index (κ2) is 8.02. The number of likely N-dealkylation sites (tertiary alicyclic amines) is 1. The predicted octanol–water partition coefficient (Wildman–Crippen LogP) is 1.81. The molecule has 1 aromatic carbocycles. The molecule has 27 heavy (non-hydrogen) atoms.